The van der Waals surface area contributed by atoms with E-state index in [1.807, 2.05) is 13.8 Å². The topological polar surface area (TPSA) is 49.4 Å². The first-order valence-electron chi connectivity index (χ1n) is 9.03. The molecule has 0 spiro atoms. The van der Waals surface area contributed by atoms with Gasteiger partial charge in [0.15, 0.2) is 0 Å². The number of likely N-dealkylation sites (tertiary alicyclic amines) is 1. The molecular weight excluding hydrogens is 345 g/mol. The molecule has 1 aliphatic rings. The van der Waals surface area contributed by atoms with Gasteiger partial charge in [-0.1, -0.05) is 26.0 Å². The minimum Gasteiger partial charge on any atom is -0.353 e. The normalized spacial score (nSPS) is 16.0. The first-order chi connectivity index (χ1) is 12.3. The number of amides is 2. The number of rotatable bonds is 5. The lowest BCUT2D eigenvalue weighted by Gasteiger charge is -2.33. The smallest absolute Gasteiger partial charge is 0.353 e. The van der Waals surface area contributed by atoms with Crippen LogP contribution in [0.2, 0.25) is 0 Å². The molecule has 2 rings (SSSR count). The maximum Gasteiger partial charge on any atom is 0.417 e. The maximum absolute atomic E-state index is 13.1. The molecule has 0 saturated carbocycles. The van der Waals surface area contributed by atoms with E-state index in [2.05, 4.69) is 5.32 Å². The van der Waals surface area contributed by atoms with Crippen molar-refractivity contribution in [3.05, 3.63) is 35.4 Å². The molecule has 26 heavy (non-hydrogen) atoms. The third-order valence-electron chi connectivity index (χ3n) is 4.95. The van der Waals surface area contributed by atoms with E-state index in [1.54, 1.807) is 0 Å². The van der Waals surface area contributed by atoms with Gasteiger partial charge in [0, 0.05) is 25.0 Å². The minimum absolute atomic E-state index is 0.0159. The van der Waals surface area contributed by atoms with E-state index >= 15 is 0 Å². The number of benzene rings is 1. The molecule has 1 N–H and O–H groups in total. The summed E-state index contributed by atoms with van der Waals surface area (Å²) < 4.78 is 39.3. The first kappa shape index (κ1) is 20.3. The van der Waals surface area contributed by atoms with Crippen molar-refractivity contribution < 1.29 is 22.8 Å². The van der Waals surface area contributed by atoms with Crippen LogP contribution in [0.3, 0.4) is 0 Å². The molecule has 144 valence electrons. The first-order valence-corrected chi connectivity index (χ1v) is 9.03. The van der Waals surface area contributed by atoms with Crippen LogP contribution >= 0.6 is 0 Å². The predicted octanol–water partition coefficient (Wildman–Crippen LogP) is 3.86. The Morgan fingerprint density at radius 1 is 1.15 bits per heavy atom. The molecule has 7 heteroatoms. The average Bonchev–Trinajstić information content (AvgIpc) is 2.62. The molecule has 1 aromatic rings. The highest BCUT2D eigenvalue weighted by Crippen LogP contribution is 2.32. The van der Waals surface area contributed by atoms with Gasteiger partial charge >= 0.3 is 6.18 Å². The molecule has 0 bridgehead atoms. The fourth-order valence-electron chi connectivity index (χ4n) is 3.29. The van der Waals surface area contributed by atoms with Gasteiger partial charge in [-0.15, -0.1) is 0 Å². The third-order valence-corrected chi connectivity index (χ3v) is 4.95. The predicted molar refractivity (Wildman–Crippen MR) is 92.6 cm³/mol. The molecule has 1 fully saturated rings. The summed E-state index contributed by atoms with van der Waals surface area (Å²) in [6, 6.07) is 4.82. The summed E-state index contributed by atoms with van der Waals surface area (Å²) in [4.78, 5) is 26.1. The number of alkyl halides is 3. The molecule has 0 aromatic heterocycles. The van der Waals surface area contributed by atoms with E-state index < -0.39 is 17.6 Å². The molecular formula is C19H25F3N2O2. The Balaban J connectivity index is 1.98. The Labute approximate surface area is 151 Å². The lowest BCUT2D eigenvalue weighted by Crippen LogP contribution is -2.48. The summed E-state index contributed by atoms with van der Waals surface area (Å²) in [5.74, 6) is -0.613. The van der Waals surface area contributed by atoms with E-state index in [4.69, 9.17) is 0 Å². The Morgan fingerprint density at radius 3 is 2.27 bits per heavy atom. The SMILES string of the molecule is CCC(CC)C(=O)NC1CCN(C(=O)c2ccccc2C(F)(F)F)CC1. The fourth-order valence-corrected chi connectivity index (χ4v) is 3.29. The van der Waals surface area contributed by atoms with Crippen molar-refractivity contribution in [2.75, 3.05) is 13.1 Å². The van der Waals surface area contributed by atoms with Gasteiger partial charge in [0.2, 0.25) is 5.91 Å². The highest BCUT2D eigenvalue weighted by atomic mass is 19.4. The van der Waals surface area contributed by atoms with Gasteiger partial charge in [-0.25, -0.2) is 0 Å². The van der Waals surface area contributed by atoms with Gasteiger partial charge in [-0.05, 0) is 37.8 Å². The van der Waals surface area contributed by atoms with Gasteiger partial charge < -0.3 is 10.2 Å². The molecule has 4 nitrogen and oxygen atoms in total. The molecule has 2 amide bonds. The van der Waals surface area contributed by atoms with E-state index in [1.165, 1.54) is 23.1 Å². The number of piperidine rings is 1. The molecule has 1 aliphatic heterocycles. The number of nitrogens with one attached hydrogen (secondary N) is 1. The quantitative estimate of drug-likeness (QED) is 0.856. The summed E-state index contributed by atoms with van der Waals surface area (Å²) in [5.41, 5.74) is -1.23. The summed E-state index contributed by atoms with van der Waals surface area (Å²) in [7, 11) is 0. The van der Waals surface area contributed by atoms with Crippen LogP contribution in [0.15, 0.2) is 24.3 Å². The Hall–Kier alpha value is -2.05. The van der Waals surface area contributed by atoms with E-state index in [-0.39, 0.29) is 23.4 Å². The molecule has 1 heterocycles. The monoisotopic (exact) mass is 370 g/mol. The highest BCUT2D eigenvalue weighted by Gasteiger charge is 2.36. The number of hydrogen-bond donors (Lipinski definition) is 1. The zero-order valence-corrected chi connectivity index (χ0v) is 15.1. The van der Waals surface area contributed by atoms with E-state index in [0.717, 1.165) is 18.9 Å². The number of halogens is 3. The maximum atomic E-state index is 13.1. The third kappa shape index (κ3) is 4.77. The van der Waals surface area contributed by atoms with Crippen molar-refractivity contribution >= 4 is 11.8 Å². The van der Waals surface area contributed by atoms with Crippen molar-refractivity contribution in [3.8, 4) is 0 Å². The van der Waals surface area contributed by atoms with Crippen molar-refractivity contribution in [1.29, 1.82) is 0 Å². The molecule has 0 aliphatic carbocycles. The van der Waals surface area contributed by atoms with Crippen LogP contribution < -0.4 is 5.32 Å². The Bertz CT molecular complexity index is 634. The van der Waals surface area contributed by atoms with Crippen molar-refractivity contribution in [2.45, 2.75) is 51.7 Å². The minimum atomic E-state index is -4.56. The second-order valence-electron chi connectivity index (χ2n) is 6.63. The van der Waals surface area contributed by atoms with Crippen LogP contribution in [-0.4, -0.2) is 35.8 Å². The van der Waals surface area contributed by atoms with E-state index in [0.29, 0.717) is 25.9 Å². The van der Waals surface area contributed by atoms with Crippen LogP contribution in [0.1, 0.15) is 55.5 Å². The van der Waals surface area contributed by atoms with Crippen LogP contribution in [-0.2, 0) is 11.0 Å². The second-order valence-corrected chi connectivity index (χ2v) is 6.63. The lowest BCUT2D eigenvalue weighted by atomic mass is 9.99. The summed E-state index contributed by atoms with van der Waals surface area (Å²) in [5, 5.41) is 3.00. The Kier molecular flexibility index (Phi) is 6.67. The Morgan fingerprint density at radius 2 is 1.73 bits per heavy atom. The van der Waals surface area contributed by atoms with Gasteiger partial charge in [-0.3, -0.25) is 9.59 Å². The van der Waals surface area contributed by atoms with Gasteiger partial charge in [0.05, 0.1) is 11.1 Å². The number of nitrogens with zero attached hydrogens (tertiary/aromatic N) is 1. The fraction of sp³-hybridized carbons (Fsp3) is 0.579. The zero-order chi connectivity index (χ0) is 19.3. The van der Waals surface area contributed by atoms with Crippen LogP contribution in [0, 0.1) is 5.92 Å². The molecule has 0 unspecified atom stereocenters. The second kappa shape index (κ2) is 8.56. The standard InChI is InChI=1S/C19H25F3N2O2/c1-3-13(4-2)17(25)23-14-9-11-24(12-10-14)18(26)15-7-5-6-8-16(15)19(20,21)22/h5-8,13-14H,3-4,9-12H2,1-2H3,(H,23,25). The molecule has 0 radical (unpaired) electrons. The zero-order valence-electron chi connectivity index (χ0n) is 15.1. The molecule has 1 aromatic carbocycles. The largest absolute Gasteiger partial charge is 0.417 e. The molecule has 0 atom stereocenters. The van der Waals surface area contributed by atoms with Crippen LogP contribution in [0.4, 0.5) is 13.2 Å². The van der Waals surface area contributed by atoms with Crippen molar-refractivity contribution in [1.82, 2.24) is 10.2 Å². The van der Waals surface area contributed by atoms with Crippen molar-refractivity contribution in [3.63, 3.8) is 0 Å². The number of carbonyl (C=O) groups is 2. The number of carbonyl (C=O) groups excluding carboxylic acids is 2. The average molecular weight is 370 g/mol. The highest BCUT2D eigenvalue weighted by molar-refractivity contribution is 5.96. The summed E-state index contributed by atoms with van der Waals surface area (Å²) in [6.45, 7) is 4.60. The molecule has 1 saturated heterocycles. The number of hydrogen-bond acceptors (Lipinski definition) is 2. The van der Waals surface area contributed by atoms with Crippen LogP contribution in [0.5, 0.6) is 0 Å². The van der Waals surface area contributed by atoms with Gasteiger partial charge in [-0.2, -0.15) is 13.2 Å². The van der Waals surface area contributed by atoms with Gasteiger partial charge in [0.25, 0.3) is 5.91 Å². The van der Waals surface area contributed by atoms with Crippen LogP contribution in [0.25, 0.3) is 0 Å². The van der Waals surface area contributed by atoms with Crippen molar-refractivity contribution in [2.24, 2.45) is 5.92 Å². The lowest BCUT2D eigenvalue weighted by molar-refractivity contribution is -0.138. The van der Waals surface area contributed by atoms with Gasteiger partial charge in [0.1, 0.15) is 0 Å². The summed E-state index contributed by atoms with van der Waals surface area (Å²) >= 11 is 0. The van der Waals surface area contributed by atoms with E-state index in [9.17, 15) is 22.8 Å². The summed E-state index contributed by atoms with van der Waals surface area (Å²) in [6.07, 6.45) is -1.92.